The van der Waals surface area contributed by atoms with Gasteiger partial charge in [-0.2, -0.15) is 8.42 Å². The van der Waals surface area contributed by atoms with E-state index in [1.165, 1.54) is 13.0 Å². The molecule has 0 saturated carbocycles. The Hall–Kier alpha value is -1.57. The molecule has 1 aliphatic heterocycles. The molecule has 0 spiro atoms. The van der Waals surface area contributed by atoms with Gasteiger partial charge in [-0.25, -0.2) is 8.78 Å². The van der Waals surface area contributed by atoms with Crippen molar-refractivity contribution in [3.8, 4) is 0 Å². The average Bonchev–Trinajstić information content (AvgIpc) is 2.67. The molecule has 0 bridgehead atoms. The van der Waals surface area contributed by atoms with Crippen molar-refractivity contribution in [1.29, 1.82) is 0 Å². The van der Waals surface area contributed by atoms with Gasteiger partial charge in [0.2, 0.25) is 5.91 Å². The summed E-state index contributed by atoms with van der Waals surface area (Å²) in [5, 5.41) is -1.58. The number of hydrogen-bond donors (Lipinski definition) is 0. The summed E-state index contributed by atoms with van der Waals surface area (Å²) >= 11 is 0. The summed E-state index contributed by atoms with van der Waals surface area (Å²) in [5.74, 6) is -2.77. The van der Waals surface area contributed by atoms with Crippen LogP contribution in [-0.4, -0.2) is 26.1 Å². The molecule has 0 aliphatic carbocycles. The van der Waals surface area contributed by atoms with Crippen LogP contribution in [0.4, 0.5) is 18.4 Å². The van der Waals surface area contributed by atoms with E-state index in [-0.39, 0.29) is 5.56 Å². The van der Waals surface area contributed by atoms with Crippen molar-refractivity contribution < 1.29 is 25.9 Å². The van der Waals surface area contributed by atoms with Crippen LogP contribution < -0.4 is 4.90 Å². The molecule has 1 unspecified atom stereocenters. The summed E-state index contributed by atoms with van der Waals surface area (Å²) < 4.78 is 61.8. The zero-order chi connectivity index (χ0) is 14.4. The topological polar surface area (TPSA) is 54.5 Å². The van der Waals surface area contributed by atoms with Gasteiger partial charge in [0.15, 0.2) is 5.82 Å². The molecule has 1 saturated heterocycles. The lowest BCUT2D eigenvalue weighted by Crippen LogP contribution is -2.28. The van der Waals surface area contributed by atoms with Crippen LogP contribution in [-0.2, 0) is 15.0 Å². The number of anilines is 1. The van der Waals surface area contributed by atoms with Gasteiger partial charge >= 0.3 is 10.2 Å². The van der Waals surface area contributed by atoms with Gasteiger partial charge in [-0.1, -0.05) is 6.07 Å². The van der Waals surface area contributed by atoms with E-state index in [1.807, 2.05) is 0 Å². The summed E-state index contributed by atoms with van der Waals surface area (Å²) in [6.07, 6.45) is -0.619. The lowest BCUT2D eigenvalue weighted by atomic mass is 10.2. The van der Waals surface area contributed by atoms with Gasteiger partial charge in [-0.05, 0) is 18.6 Å². The fraction of sp³-hybridized carbons (Fsp3) is 0.364. The number of rotatable bonds is 2. The first-order valence-corrected chi connectivity index (χ1v) is 6.85. The molecule has 1 atom stereocenters. The predicted octanol–water partition coefficient (Wildman–Crippen LogP) is 1.68. The maximum absolute atomic E-state index is 13.8. The third-order valence-electron chi connectivity index (χ3n) is 3.02. The number of aryl methyl sites for hydroxylation is 1. The second-order valence-electron chi connectivity index (χ2n) is 4.33. The van der Waals surface area contributed by atoms with Gasteiger partial charge in [0.1, 0.15) is 16.8 Å². The standard InChI is InChI=1S/C11H10F3NO3S/c1-6-2-3-8(12)11(10(6)13)15-5-7(4-9(15)16)19(14,17)18/h2-3,7H,4-5H2,1H3. The Morgan fingerprint density at radius 3 is 2.47 bits per heavy atom. The molecule has 0 aromatic heterocycles. The maximum Gasteiger partial charge on any atom is 0.307 e. The van der Waals surface area contributed by atoms with Crippen LogP contribution in [0.2, 0.25) is 0 Å². The molecule has 19 heavy (non-hydrogen) atoms. The van der Waals surface area contributed by atoms with Gasteiger partial charge in [0.05, 0.1) is 0 Å². The largest absolute Gasteiger partial charge is 0.307 e. The molecule has 4 nitrogen and oxygen atoms in total. The molecule has 0 N–H and O–H groups in total. The second-order valence-corrected chi connectivity index (χ2v) is 5.95. The number of carbonyl (C=O) groups excluding carboxylic acids is 1. The van der Waals surface area contributed by atoms with E-state index in [9.17, 15) is 25.9 Å². The van der Waals surface area contributed by atoms with E-state index in [4.69, 9.17) is 0 Å². The van der Waals surface area contributed by atoms with Gasteiger partial charge in [-0.3, -0.25) is 4.79 Å². The zero-order valence-electron chi connectivity index (χ0n) is 9.86. The fourth-order valence-electron chi connectivity index (χ4n) is 1.97. The van der Waals surface area contributed by atoms with Gasteiger partial charge < -0.3 is 4.90 Å². The second kappa shape index (κ2) is 4.52. The van der Waals surface area contributed by atoms with E-state index in [0.717, 1.165) is 6.07 Å². The lowest BCUT2D eigenvalue weighted by Gasteiger charge is -2.18. The Kier molecular flexibility index (Phi) is 3.29. The van der Waals surface area contributed by atoms with Crippen LogP contribution in [0.5, 0.6) is 0 Å². The Labute approximate surface area is 108 Å². The van der Waals surface area contributed by atoms with Crippen molar-refractivity contribution in [2.75, 3.05) is 11.4 Å². The van der Waals surface area contributed by atoms with E-state index in [2.05, 4.69) is 0 Å². The van der Waals surface area contributed by atoms with E-state index in [1.54, 1.807) is 0 Å². The normalized spacial score (nSPS) is 20.1. The Balaban J connectivity index is 2.45. The Morgan fingerprint density at radius 1 is 1.32 bits per heavy atom. The van der Waals surface area contributed by atoms with Crippen molar-refractivity contribution in [3.05, 3.63) is 29.3 Å². The fourth-order valence-corrected chi connectivity index (χ4v) is 2.64. The van der Waals surface area contributed by atoms with Crippen LogP contribution in [0.25, 0.3) is 0 Å². The molecule has 8 heteroatoms. The molecule has 1 aromatic carbocycles. The van der Waals surface area contributed by atoms with Crippen LogP contribution in [0.3, 0.4) is 0 Å². The third-order valence-corrected chi connectivity index (χ3v) is 4.13. The molecule has 1 heterocycles. The highest BCUT2D eigenvalue weighted by molar-refractivity contribution is 7.87. The summed E-state index contributed by atoms with van der Waals surface area (Å²) in [6.45, 7) is 0.789. The van der Waals surface area contributed by atoms with Crippen LogP contribution in [0, 0.1) is 18.6 Å². The van der Waals surface area contributed by atoms with Crippen LogP contribution in [0.1, 0.15) is 12.0 Å². The van der Waals surface area contributed by atoms with Crippen molar-refractivity contribution in [1.82, 2.24) is 0 Å². The molecule has 1 aromatic rings. The zero-order valence-corrected chi connectivity index (χ0v) is 10.7. The smallest absolute Gasteiger partial charge is 0.306 e. The molecular weight excluding hydrogens is 283 g/mol. The number of nitrogens with zero attached hydrogens (tertiary/aromatic N) is 1. The van der Waals surface area contributed by atoms with Crippen molar-refractivity contribution >= 4 is 21.8 Å². The quantitative estimate of drug-likeness (QED) is 0.780. The predicted molar refractivity (Wildman–Crippen MR) is 61.9 cm³/mol. The van der Waals surface area contributed by atoms with Gasteiger partial charge in [-0.15, -0.1) is 3.89 Å². The number of amides is 1. The third kappa shape index (κ3) is 2.44. The highest BCUT2D eigenvalue weighted by Gasteiger charge is 2.41. The first kappa shape index (κ1) is 13.9. The van der Waals surface area contributed by atoms with E-state index >= 15 is 0 Å². The average molecular weight is 293 g/mol. The van der Waals surface area contributed by atoms with Crippen LogP contribution in [0.15, 0.2) is 12.1 Å². The number of halogens is 3. The van der Waals surface area contributed by atoms with Crippen molar-refractivity contribution in [2.45, 2.75) is 18.6 Å². The monoisotopic (exact) mass is 293 g/mol. The molecule has 104 valence electrons. The minimum atomic E-state index is -4.92. The molecule has 1 amide bonds. The van der Waals surface area contributed by atoms with Crippen LogP contribution >= 0.6 is 0 Å². The summed E-state index contributed by atoms with van der Waals surface area (Å²) in [4.78, 5) is 12.2. The molecular formula is C11H10F3NO3S. The van der Waals surface area contributed by atoms with E-state index in [0.29, 0.717) is 4.90 Å². The number of hydrogen-bond acceptors (Lipinski definition) is 3. The van der Waals surface area contributed by atoms with Crippen molar-refractivity contribution in [3.63, 3.8) is 0 Å². The minimum Gasteiger partial charge on any atom is -0.306 e. The first-order valence-electron chi connectivity index (χ1n) is 5.40. The number of carbonyl (C=O) groups is 1. The Bertz CT molecular complexity index is 645. The summed E-state index contributed by atoms with van der Waals surface area (Å²) in [7, 11) is -4.92. The molecule has 0 radical (unpaired) electrons. The Morgan fingerprint density at radius 2 is 1.95 bits per heavy atom. The van der Waals surface area contributed by atoms with Crippen molar-refractivity contribution in [2.24, 2.45) is 0 Å². The SMILES string of the molecule is Cc1ccc(F)c(N2CC(S(=O)(=O)F)CC2=O)c1F. The lowest BCUT2D eigenvalue weighted by molar-refractivity contribution is -0.117. The summed E-state index contributed by atoms with van der Waals surface area (Å²) in [6, 6.07) is 2.16. The first-order chi connectivity index (χ1) is 8.71. The molecule has 2 rings (SSSR count). The van der Waals surface area contributed by atoms with E-state index < -0.39 is 51.7 Å². The highest BCUT2D eigenvalue weighted by Crippen LogP contribution is 2.31. The maximum atomic E-state index is 13.8. The summed E-state index contributed by atoms with van der Waals surface area (Å²) in [5.41, 5.74) is -0.521. The highest BCUT2D eigenvalue weighted by atomic mass is 32.3. The number of benzene rings is 1. The molecule has 1 fully saturated rings. The van der Waals surface area contributed by atoms with Gasteiger partial charge in [0, 0.05) is 13.0 Å². The molecule has 1 aliphatic rings. The van der Waals surface area contributed by atoms with Gasteiger partial charge in [0.25, 0.3) is 0 Å². The minimum absolute atomic E-state index is 0.107.